The van der Waals surface area contributed by atoms with Crippen LogP contribution in [0, 0.1) is 14.9 Å². The van der Waals surface area contributed by atoms with Crippen LogP contribution in [-0.2, 0) is 6.42 Å². The van der Waals surface area contributed by atoms with Crippen molar-refractivity contribution in [1.29, 1.82) is 5.26 Å². The highest BCUT2D eigenvalue weighted by atomic mass is 127. The van der Waals surface area contributed by atoms with Gasteiger partial charge in [0.05, 0.1) is 18.2 Å². The van der Waals surface area contributed by atoms with Crippen LogP contribution in [0.25, 0.3) is 0 Å². The second kappa shape index (κ2) is 4.46. The van der Waals surface area contributed by atoms with E-state index in [-0.39, 0.29) is 12.0 Å². The lowest BCUT2D eigenvalue weighted by Gasteiger charge is -2.04. The zero-order valence-corrected chi connectivity index (χ0v) is 8.62. The molecule has 1 aromatic rings. The maximum atomic E-state index is 12.3. The van der Waals surface area contributed by atoms with Crippen LogP contribution in [0.2, 0.25) is 0 Å². The molecule has 13 heavy (non-hydrogen) atoms. The summed E-state index contributed by atoms with van der Waals surface area (Å²) >= 11 is 1.79. The standard InChI is InChI=1S/C8H5F2IN2/c9-8(10)5-2-4-13-6(1-3-12)7(5)11/h2,4,8H,1H2. The van der Waals surface area contributed by atoms with Crippen molar-refractivity contribution in [3.05, 3.63) is 27.1 Å². The molecular weight excluding hydrogens is 289 g/mol. The number of pyridine rings is 1. The molecule has 0 amide bonds. The fraction of sp³-hybridized carbons (Fsp3) is 0.250. The predicted octanol–water partition coefficient (Wildman–Crippen LogP) is 2.69. The van der Waals surface area contributed by atoms with Crippen LogP contribution in [0.4, 0.5) is 8.78 Å². The Balaban J connectivity index is 3.12. The third-order valence-corrected chi connectivity index (χ3v) is 2.72. The maximum Gasteiger partial charge on any atom is 0.264 e. The Hall–Kier alpha value is -0.770. The van der Waals surface area contributed by atoms with E-state index >= 15 is 0 Å². The second-order valence-electron chi connectivity index (χ2n) is 2.30. The Kier molecular flexibility index (Phi) is 3.54. The fourth-order valence-corrected chi connectivity index (χ4v) is 1.62. The van der Waals surface area contributed by atoms with Crippen LogP contribution in [-0.4, -0.2) is 4.98 Å². The van der Waals surface area contributed by atoms with Gasteiger partial charge in [0.2, 0.25) is 0 Å². The van der Waals surface area contributed by atoms with Crippen molar-refractivity contribution in [2.24, 2.45) is 0 Å². The van der Waals surface area contributed by atoms with Gasteiger partial charge < -0.3 is 0 Å². The van der Waals surface area contributed by atoms with Crippen LogP contribution in [0.15, 0.2) is 12.3 Å². The molecular formula is C8H5F2IN2. The number of rotatable bonds is 2. The topological polar surface area (TPSA) is 36.7 Å². The molecule has 2 nitrogen and oxygen atoms in total. The Bertz CT molecular complexity index is 346. The summed E-state index contributed by atoms with van der Waals surface area (Å²) in [5, 5.41) is 8.39. The lowest BCUT2D eigenvalue weighted by molar-refractivity contribution is 0.150. The Morgan fingerprint density at radius 2 is 2.31 bits per heavy atom. The lowest BCUT2D eigenvalue weighted by atomic mass is 10.2. The van der Waals surface area contributed by atoms with Crippen molar-refractivity contribution < 1.29 is 8.78 Å². The second-order valence-corrected chi connectivity index (χ2v) is 3.38. The highest BCUT2D eigenvalue weighted by molar-refractivity contribution is 14.1. The van der Waals surface area contributed by atoms with Gasteiger partial charge in [0, 0.05) is 15.3 Å². The summed E-state index contributed by atoms with van der Waals surface area (Å²) in [5.41, 5.74) is 0.363. The van der Waals surface area contributed by atoms with E-state index in [1.165, 1.54) is 12.3 Å². The minimum Gasteiger partial charge on any atom is -0.259 e. The molecule has 0 unspecified atom stereocenters. The van der Waals surface area contributed by atoms with Crippen molar-refractivity contribution in [3.63, 3.8) is 0 Å². The molecule has 0 aromatic carbocycles. The number of hydrogen-bond acceptors (Lipinski definition) is 2. The Morgan fingerprint density at radius 3 is 2.85 bits per heavy atom. The number of aromatic nitrogens is 1. The van der Waals surface area contributed by atoms with E-state index in [0.29, 0.717) is 9.26 Å². The lowest BCUT2D eigenvalue weighted by Crippen LogP contribution is -1.98. The first-order valence-electron chi connectivity index (χ1n) is 3.45. The van der Waals surface area contributed by atoms with E-state index in [0.717, 1.165) is 0 Å². The molecule has 1 aromatic heterocycles. The molecule has 0 aliphatic heterocycles. The molecule has 0 saturated carbocycles. The molecule has 0 aliphatic carbocycles. The normalized spacial score (nSPS) is 10.1. The summed E-state index contributed by atoms with van der Waals surface area (Å²) in [5.74, 6) is 0. The Labute approximate surface area is 87.7 Å². The number of hydrogen-bond donors (Lipinski definition) is 0. The van der Waals surface area contributed by atoms with Gasteiger partial charge >= 0.3 is 0 Å². The van der Waals surface area contributed by atoms with Gasteiger partial charge in [-0.2, -0.15) is 5.26 Å². The van der Waals surface area contributed by atoms with Crippen LogP contribution >= 0.6 is 22.6 Å². The maximum absolute atomic E-state index is 12.3. The molecule has 0 fully saturated rings. The predicted molar refractivity (Wildman–Crippen MR) is 51.2 cm³/mol. The van der Waals surface area contributed by atoms with Crippen LogP contribution < -0.4 is 0 Å². The SMILES string of the molecule is N#CCc1nccc(C(F)F)c1I. The molecule has 0 N–H and O–H groups in total. The average molecular weight is 294 g/mol. The van der Waals surface area contributed by atoms with E-state index in [1.807, 2.05) is 6.07 Å². The zero-order chi connectivity index (χ0) is 9.84. The van der Waals surface area contributed by atoms with Gasteiger partial charge in [0.25, 0.3) is 6.43 Å². The van der Waals surface area contributed by atoms with Crippen LogP contribution in [0.5, 0.6) is 0 Å². The van der Waals surface area contributed by atoms with Crippen molar-refractivity contribution in [3.8, 4) is 6.07 Å². The van der Waals surface area contributed by atoms with Gasteiger partial charge in [-0.25, -0.2) is 8.78 Å². The van der Waals surface area contributed by atoms with Gasteiger partial charge in [-0.05, 0) is 28.7 Å². The third kappa shape index (κ3) is 2.34. The molecule has 1 rings (SSSR count). The number of nitrogens with zero attached hydrogens (tertiary/aromatic N) is 2. The Morgan fingerprint density at radius 1 is 1.62 bits per heavy atom. The number of nitriles is 1. The van der Waals surface area contributed by atoms with Crippen molar-refractivity contribution in [2.75, 3.05) is 0 Å². The summed E-state index contributed by atoms with van der Waals surface area (Å²) in [6, 6.07) is 3.15. The summed E-state index contributed by atoms with van der Waals surface area (Å²) < 4.78 is 25.1. The van der Waals surface area contributed by atoms with Crippen LogP contribution in [0.3, 0.4) is 0 Å². The highest BCUT2D eigenvalue weighted by Crippen LogP contribution is 2.25. The highest BCUT2D eigenvalue weighted by Gasteiger charge is 2.14. The van der Waals surface area contributed by atoms with Gasteiger partial charge in [0.1, 0.15) is 0 Å². The molecule has 0 bridgehead atoms. The van der Waals surface area contributed by atoms with Gasteiger partial charge in [-0.3, -0.25) is 4.98 Å². The molecule has 0 aliphatic rings. The number of halogens is 3. The summed E-state index contributed by atoms with van der Waals surface area (Å²) in [4.78, 5) is 3.85. The fourth-order valence-electron chi connectivity index (χ4n) is 0.871. The molecule has 1 heterocycles. The smallest absolute Gasteiger partial charge is 0.259 e. The molecule has 0 saturated heterocycles. The average Bonchev–Trinajstić information content (AvgIpc) is 2.08. The van der Waals surface area contributed by atoms with E-state index < -0.39 is 6.43 Å². The minimum atomic E-state index is -2.51. The van der Waals surface area contributed by atoms with Crippen molar-refractivity contribution in [2.45, 2.75) is 12.8 Å². The molecule has 0 atom stereocenters. The van der Waals surface area contributed by atoms with E-state index in [2.05, 4.69) is 4.98 Å². The minimum absolute atomic E-state index is 0.0548. The third-order valence-electron chi connectivity index (χ3n) is 1.47. The van der Waals surface area contributed by atoms with Gasteiger partial charge in [-0.1, -0.05) is 0 Å². The van der Waals surface area contributed by atoms with E-state index in [9.17, 15) is 8.78 Å². The zero-order valence-electron chi connectivity index (χ0n) is 6.47. The first-order chi connectivity index (χ1) is 6.16. The van der Waals surface area contributed by atoms with E-state index in [1.54, 1.807) is 22.6 Å². The number of alkyl halides is 2. The molecule has 0 spiro atoms. The molecule has 5 heteroatoms. The largest absolute Gasteiger partial charge is 0.264 e. The first kappa shape index (κ1) is 10.3. The van der Waals surface area contributed by atoms with Gasteiger partial charge in [0.15, 0.2) is 0 Å². The molecule has 0 radical (unpaired) electrons. The van der Waals surface area contributed by atoms with E-state index in [4.69, 9.17) is 5.26 Å². The molecule has 68 valence electrons. The van der Waals surface area contributed by atoms with Crippen molar-refractivity contribution in [1.82, 2.24) is 4.98 Å². The quantitative estimate of drug-likeness (QED) is 0.786. The summed E-state index contributed by atoms with van der Waals surface area (Å²) in [6.45, 7) is 0. The van der Waals surface area contributed by atoms with Crippen molar-refractivity contribution >= 4 is 22.6 Å². The first-order valence-corrected chi connectivity index (χ1v) is 4.53. The van der Waals surface area contributed by atoms with Crippen LogP contribution in [0.1, 0.15) is 17.7 Å². The monoisotopic (exact) mass is 294 g/mol. The summed E-state index contributed by atoms with van der Waals surface area (Å²) in [7, 11) is 0. The van der Waals surface area contributed by atoms with Gasteiger partial charge in [-0.15, -0.1) is 0 Å². The summed E-state index contributed by atoms with van der Waals surface area (Å²) in [6.07, 6.45) is -1.14.